The highest BCUT2D eigenvalue weighted by atomic mass is 35.5. The predicted octanol–water partition coefficient (Wildman–Crippen LogP) is 3.95. The summed E-state index contributed by atoms with van der Waals surface area (Å²) in [5, 5.41) is 1.35. The molecule has 2 aromatic carbocycles. The van der Waals surface area contributed by atoms with Crippen molar-refractivity contribution < 1.29 is 14.3 Å². The number of anilines is 1. The number of pyridine rings is 1. The first-order valence-corrected chi connectivity index (χ1v) is 9.98. The molecule has 0 atom stereocenters. The first kappa shape index (κ1) is 22.4. The van der Waals surface area contributed by atoms with Gasteiger partial charge in [-0.1, -0.05) is 23.7 Å². The number of carbonyl (C=O) groups excluding carboxylic acids is 1. The predicted molar refractivity (Wildman–Crippen MR) is 121 cm³/mol. The van der Waals surface area contributed by atoms with E-state index in [4.69, 9.17) is 32.8 Å². The number of aryl methyl sites for hydroxylation is 1. The first-order valence-electron chi connectivity index (χ1n) is 9.61. The van der Waals surface area contributed by atoms with E-state index in [-0.39, 0.29) is 6.61 Å². The van der Waals surface area contributed by atoms with Crippen LogP contribution in [-0.2, 0) is 6.61 Å². The zero-order valence-electron chi connectivity index (χ0n) is 17.3. The number of ether oxygens (including phenoxy) is 2. The van der Waals surface area contributed by atoms with Crippen molar-refractivity contribution in [3.05, 3.63) is 70.9 Å². The summed E-state index contributed by atoms with van der Waals surface area (Å²) in [5.74, 6) is 12.4. The molecule has 31 heavy (non-hydrogen) atoms. The lowest BCUT2D eigenvalue weighted by atomic mass is 10.1. The summed E-state index contributed by atoms with van der Waals surface area (Å²) in [5.41, 5.74) is 5.68. The van der Waals surface area contributed by atoms with E-state index < -0.39 is 6.03 Å². The van der Waals surface area contributed by atoms with E-state index >= 15 is 0 Å². The Morgan fingerprint density at radius 3 is 2.58 bits per heavy atom. The summed E-state index contributed by atoms with van der Waals surface area (Å²) in [6.07, 6.45) is 0. The third kappa shape index (κ3) is 5.24. The van der Waals surface area contributed by atoms with Crippen molar-refractivity contribution in [2.75, 3.05) is 11.6 Å². The van der Waals surface area contributed by atoms with E-state index in [0.29, 0.717) is 34.5 Å². The molecule has 162 valence electrons. The minimum Gasteiger partial charge on any atom is -0.493 e. The molecule has 3 aromatic rings. The van der Waals surface area contributed by atoms with Crippen LogP contribution in [0, 0.1) is 6.92 Å². The minimum absolute atomic E-state index is 0.132. The van der Waals surface area contributed by atoms with E-state index in [0.717, 1.165) is 21.8 Å². The number of nitrogens with one attached hydrogen (secondary N) is 1. The van der Waals surface area contributed by atoms with Gasteiger partial charge in [0.1, 0.15) is 23.3 Å². The van der Waals surface area contributed by atoms with Crippen LogP contribution < -0.4 is 31.6 Å². The average Bonchev–Trinajstić information content (AvgIpc) is 2.78. The maximum absolute atomic E-state index is 11.9. The SMILES string of the molecule is CCOc1cccc(N(N)C(=O)NN)c1COc1ccc(-c2cccc(Cl)n2)cc1C. The molecule has 0 saturated carbocycles. The highest BCUT2D eigenvalue weighted by Crippen LogP contribution is 2.32. The summed E-state index contributed by atoms with van der Waals surface area (Å²) in [6.45, 7) is 4.39. The van der Waals surface area contributed by atoms with Crippen LogP contribution in [0.4, 0.5) is 10.5 Å². The van der Waals surface area contributed by atoms with Gasteiger partial charge in [0, 0.05) is 5.56 Å². The number of aromatic nitrogens is 1. The van der Waals surface area contributed by atoms with E-state index in [1.165, 1.54) is 0 Å². The zero-order valence-corrected chi connectivity index (χ0v) is 18.0. The number of amides is 2. The van der Waals surface area contributed by atoms with Gasteiger partial charge in [0.2, 0.25) is 0 Å². The fourth-order valence-electron chi connectivity index (χ4n) is 3.08. The molecule has 0 aliphatic carbocycles. The number of hydrogen-bond donors (Lipinski definition) is 3. The lowest BCUT2D eigenvalue weighted by Crippen LogP contribution is -2.48. The molecule has 0 aliphatic rings. The molecule has 0 radical (unpaired) electrons. The second-order valence-electron chi connectivity index (χ2n) is 6.62. The molecule has 1 heterocycles. The van der Waals surface area contributed by atoms with Crippen LogP contribution in [-0.4, -0.2) is 17.6 Å². The quantitative estimate of drug-likeness (QED) is 0.221. The molecule has 9 heteroatoms. The number of halogens is 1. The summed E-state index contributed by atoms with van der Waals surface area (Å²) in [7, 11) is 0. The summed E-state index contributed by atoms with van der Waals surface area (Å²) in [4.78, 5) is 16.3. The van der Waals surface area contributed by atoms with E-state index in [1.54, 1.807) is 24.3 Å². The molecule has 0 fully saturated rings. The number of hydrazine groups is 2. The highest BCUT2D eigenvalue weighted by Gasteiger charge is 2.19. The largest absolute Gasteiger partial charge is 0.493 e. The van der Waals surface area contributed by atoms with Gasteiger partial charge in [-0.3, -0.25) is 5.43 Å². The van der Waals surface area contributed by atoms with Crippen molar-refractivity contribution in [2.24, 2.45) is 11.7 Å². The van der Waals surface area contributed by atoms with Crippen LogP contribution in [0.15, 0.2) is 54.6 Å². The van der Waals surface area contributed by atoms with E-state index in [1.807, 2.05) is 49.6 Å². The van der Waals surface area contributed by atoms with Crippen LogP contribution in [0.5, 0.6) is 11.5 Å². The highest BCUT2D eigenvalue weighted by molar-refractivity contribution is 6.29. The van der Waals surface area contributed by atoms with Crippen molar-refractivity contribution in [3.8, 4) is 22.8 Å². The number of hydrogen-bond acceptors (Lipinski definition) is 6. The van der Waals surface area contributed by atoms with Gasteiger partial charge in [-0.25, -0.2) is 26.5 Å². The zero-order chi connectivity index (χ0) is 22.4. The minimum atomic E-state index is -0.663. The van der Waals surface area contributed by atoms with Crippen LogP contribution in [0.2, 0.25) is 5.15 Å². The molecule has 8 nitrogen and oxygen atoms in total. The molecule has 1 aromatic heterocycles. The van der Waals surface area contributed by atoms with Crippen LogP contribution in [0.3, 0.4) is 0 Å². The Balaban J connectivity index is 1.87. The Bertz CT molecular complexity index is 1080. The van der Waals surface area contributed by atoms with Gasteiger partial charge >= 0.3 is 6.03 Å². The van der Waals surface area contributed by atoms with Crippen molar-refractivity contribution in [3.63, 3.8) is 0 Å². The number of nitrogens with zero attached hydrogens (tertiary/aromatic N) is 2. The average molecular weight is 442 g/mol. The fourth-order valence-corrected chi connectivity index (χ4v) is 3.25. The number of benzene rings is 2. The second kappa shape index (κ2) is 10.1. The topological polar surface area (TPSA) is 116 Å². The fraction of sp³-hybridized carbons (Fsp3) is 0.182. The van der Waals surface area contributed by atoms with Crippen molar-refractivity contribution >= 4 is 23.3 Å². The Morgan fingerprint density at radius 2 is 1.90 bits per heavy atom. The van der Waals surface area contributed by atoms with Crippen molar-refractivity contribution in [1.29, 1.82) is 0 Å². The van der Waals surface area contributed by atoms with Crippen LogP contribution >= 0.6 is 11.6 Å². The number of urea groups is 1. The Labute approximate surface area is 185 Å². The van der Waals surface area contributed by atoms with Gasteiger partial charge in [-0.05, 0) is 61.9 Å². The Kier molecular flexibility index (Phi) is 7.30. The molecule has 0 saturated heterocycles. The van der Waals surface area contributed by atoms with Gasteiger partial charge in [0.05, 0.1) is 23.6 Å². The molecule has 2 amide bonds. The number of carbonyl (C=O) groups is 1. The number of rotatable bonds is 7. The maximum atomic E-state index is 11.9. The van der Waals surface area contributed by atoms with Gasteiger partial charge in [0.15, 0.2) is 0 Å². The van der Waals surface area contributed by atoms with Crippen LogP contribution in [0.1, 0.15) is 18.1 Å². The first-order chi connectivity index (χ1) is 14.9. The van der Waals surface area contributed by atoms with Crippen molar-refractivity contribution in [2.45, 2.75) is 20.5 Å². The van der Waals surface area contributed by atoms with Gasteiger partial charge < -0.3 is 9.47 Å². The van der Waals surface area contributed by atoms with Gasteiger partial charge in [-0.2, -0.15) is 0 Å². The Hall–Kier alpha value is -3.33. The number of nitrogens with two attached hydrogens (primary N) is 2. The molecular formula is C22H24ClN5O3. The Morgan fingerprint density at radius 1 is 1.13 bits per heavy atom. The molecular weight excluding hydrogens is 418 g/mol. The monoisotopic (exact) mass is 441 g/mol. The van der Waals surface area contributed by atoms with Crippen molar-refractivity contribution in [1.82, 2.24) is 10.4 Å². The lowest BCUT2D eigenvalue weighted by Gasteiger charge is -2.22. The van der Waals surface area contributed by atoms with Crippen LogP contribution in [0.25, 0.3) is 11.3 Å². The normalized spacial score (nSPS) is 10.5. The third-order valence-corrected chi connectivity index (χ3v) is 4.78. The lowest BCUT2D eigenvalue weighted by molar-refractivity contribution is 0.246. The molecule has 0 aliphatic heterocycles. The smallest absolute Gasteiger partial charge is 0.350 e. The standard InChI is InChI=1S/C22H24ClN5O3/c1-3-30-20-8-5-7-18(28(25)22(29)27-24)16(20)13-31-19-11-10-15(12-14(19)2)17-6-4-9-21(23)26-17/h4-12H,3,13,24-25H2,1-2H3,(H,27,29). The molecule has 0 unspecified atom stereocenters. The van der Waals surface area contributed by atoms with E-state index in [2.05, 4.69) is 4.98 Å². The van der Waals surface area contributed by atoms with Gasteiger partial charge in [-0.15, -0.1) is 0 Å². The van der Waals surface area contributed by atoms with Gasteiger partial charge in [0.25, 0.3) is 0 Å². The summed E-state index contributed by atoms with van der Waals surface area (Å²) < 4.78 is 11.8. The summed E-state index contributed by atoms with van der Waals surface area (Å²) in [6, 6.07) is 15.8. The molecule has 0 bridgehead atoms. The third-order valence-electron chi connectivity index (χ3n) is 4.57. The summed E-state index contributed by atoms with van der Waals surface area (Å²) >= 11 is 6.00. The van der Waals surface area contributed by atoms with E-state index in [9.17, 15) is 4.79 Å². The molecule has 5 N–H and O–H groups in total. The second-order valence-corrected chi connectivity index (χ2v) is 7.01. The maximum Gasteiger partial charge on any atom is 0.350 e. The molecule has 3 rings (SSSR count). The molecule has 0 spiro atoms.